The van der Waals surface area contributed by atoms with Crippen LogP contribution in [0, 0.1) is 0 Å². The summed E-state index contributed by atoms with van der Waals surface area (Å²) in [6.07, 6.45) is 0. The second kappa shape index (κ2) is 8.34. The summed E-state index contributed by atoms with van der Waals surface area (Å²) in [6.45, 7) is 3.49. The fraction of sp³-hybridized carbons (Fsp3) is 0.235. The van der Waals surface area contributed by atoms with Gasteiger partial charge in [0, 0.05) is 11.6 Å². The summed E-state index contributed by atoms with van der Waals surface area (Å²) < 4.78 is 11.6. The van der Waals surface area contributed by atoms with Gasteiger partial charge in [0.2, 0.25) is 0 Å². The average Bonchev–Trinajstić information content (AvgIpc) is 3.14. The molecule has 0 radical (unpaired) electrons. The van der Waals surface area contributed by atoms with Gasteiger partial charge in [0.15, 0.2) is 11.5 Å². The van der Waals surface area contributed by atoms with Crippen molar-refractivity contribution in [3.8, 4) is 11.5 Å². The Labute approximate surface area is 150 Å². The van der Waals surface area contributed by atoms with Crippen molar-refractivity contribution in [1.82, 2.24) is 20.6 Å². The molecule has 0 amide bonds. The third kappa shape index (κ3) is 4.84. The monoisotopic (exact) mass is 359 g/mol. The van der Waals surface area contributed by atoms with Crippen LogP contribution in [0.4, 0.5) is 5.95 Å². The number of aromatic nitrogens is 4. The first kappa shape index (κ1) is 17.0. The molecular formula is C17H18ClN5O2. The number of aromatic amines is 1. The third-order valence-electron chi connectivity index (χ3n) is 3.41. The third-order valence-corrected chi connectivity index (χ3v) is 3.66. The summed E-state index contributed by atoms with van der Waals surface area (Å²) in [5.74, 6) is 1.84. The maximum atomic E-state index is 5.90. The number of tetrazole rings is 1. The molecule has 2 aromatic carbocycles. The van der Waals surface area contributed by atoms with E-state index in [1.54, 1.807) is 0 Å². The topological polar surface area (TPSA) is 85.0 Å². The standard InChI is InChI=1S/C17H18ClN5O2/c1-2-24-16-9-13(10-19-17-20-22-23-21-17)5-8-15(16)25-11-12-3-6-14(18)7-4-12/h3-9H,2,10-11H2,1H3,(H2,19,20,21,22,23). The van der Waals surface area contributed by atoms with E-state index in [2.05, 4.69) is 25.9 Å². The Morgan fingerprint density at radius 3 is 2.56 bits per heavy atom. The van der Waals surface area contributed by atoms with Gasteiger partial charge in [-0.1, -0.05) is 34.9 Å². The van der Waals surface area contributed by atoms with Crippen molar-refractivity contribution in [3.05, 3.63) is 58.6 Å². The Kier molecular flexibility index (Phi) is 5.69. The van der Waals surface area contributed by atoms with Gasteiger partial charge in [-0.2, -0.15) is 5.21 Å². The second-order valence-corrected chi connectivity index (χ2v) is 5.65. The fourth-order valence-electron chi connectivity index (χ4n) is 2.21. The zero-order chi connectivity index (χ0) is 17.5. The van der Waals surface area contributed by atoms with E-state index < -0.39 is 0 Å². The van der Waals surface area contributed by atoms with Crippen molar-refractivity contribution < 1.29 is 9.47 Å². The molecule has 0 fully saturated rings. The van der Waals surface area contributed by atoms with Crippen LogP contribution in [0.5, 0.6) is 11.5 Å². The number of hydrogen-bond donors (Lipinski definition) is 2. The van der Waals surface area contributed by atoms with Crippen molar-refractivity contribution in [3.63, 3.8) is 0 Å². The lowest BCUT2D eigenvalue weighted by Crippen LogP contribution is -2.04. The summed E-state index contributed by atoms with van der Waals surface area (Å²) in [5, 5.41) is 17.4. The van der Waals surface area contributed by atoms with Crippen molar-refractivity contribution in [2.45, 2.75) is 20.1 Å². The molecule has 1 heterocycles. The van der Waals surface area contributed by atoms with E-state index >= 15 is 0 Å². The maximum Gasteiger partial charge on any atom is 0.263 e. The Morgan fingerprint density at radius 1 is 1.04 bits per heavy atom. The molecule has 7 nitrogen and oxygen atoms in total. The van der Waals surface area contributed by atoms with Crippen LogP contribution >= 0.6 is 11.6 Å². The van der Waals surface area contributed by atoms with E-state index in [4.69, 9.17) is 21.1 Å². The highest BCUT2D eigenvalue weighted by Crippen LogP contribution is 2.29. The highest BCUT2D eigenvalue weighted by Gasteiger charge is 2.08. The lowest BCUT2D eigenvalue weighted by atomic mass is 10.2. The lowest BCUT2D eigenvalue weighted by molar-refractivity contribution is 0.269. The molecule has 0 aliphatic carbocycles. The van der Waals surface area contributed by atoms with Gasteiger partial charge in [0.05, 0.1) is 6.61 Å². The van der Waals surface area contributed by atoms with Crippen LogP contribution < -0.4 is 14.8 Å². The largest absolute Gasteiger partial charge is 0.490 e. The van der Waals surface area contributed by atoms with Gasteiger partial charge in [0.25, 0.3) is 5.95 Å². The molecule has 3 aromatic rings. The molecule has 0 aliphatic heterocycles. The van der Waals surface area contributed by atoms with E-state index in [-0.39, 0.29) is 0 Å². The molecule has 3 rings (SSSR count). The van der Waals surface area contributed by atoms with Gasteiger partial charge in [0.1, 0.15) is 6.61 Å². The number of nitrogens with one attached hydrogen (secondary N) is 2. The Bertz CT molecular complexity index is 793. The van der Waals surface area contributed by atoms with Crippen molar-refractivity contribution in [2.24, 2.45) is 0 Å². The van der Waals surface area contributed by atoms with E-state index in [1.165, 1.54) is 0 Å². The second-order valence-electron chi connectivity index (χ2n) is 5.22. The molecule has 0 bridgehead atoms. The fourth-order valence-corrected chi connectivity index (χ4v) is 2.34. The number of benzene rings is 2. The van der Waals surface area contributed by atoms with Gasteiger partial charge in [-0.25, -0.2) is 0 Å². The van der Waals surface area contributed by atoms with E-state index in [0.717, 1.165) is 11.1 Å². The van der Waals surface area contributed by atoms with Crippen LogP contribution in [0.15, 0.2) is 42.5 Å². The Balaban J connectivity index is 1.66. The molecule has 1 aromatic heterocycles. The minimum absolute atomic E-state index is 0.442. The zero-order valence-electron chi connectivity index (χ0n) is 13.7. The minimum Gasteiger partial charge on any atom is -0.490 e. The maximum absolute atomic E-state index is 5.90. The van der Waals surface area contributed by atoms with Crippen LogP contribution in [-0.4, -0.2) is 27.2 Å². The quantitative estimate of drug-likeness (QED) is 0.640. The van der Waals surface area contributed by atoms with Crippen LogP contribution in [0.1, 0.15) is 18.1 Å². The van der Waals surface area contributed by atoms with Gasteiger partial charge >= 0.3 is 0 Å². The van der Waals surface area contributed by atoms with Crippen LogP contribution in [0.25, 0.3) is 0 Å². The highest BCUT2D eigenvalue weighted by molar-refractivity contribution is 6.30. The number of anilines is 1. The molecule has 0 aliphatic rings. The molecule has 0 unspecified atom stereocenters. The average molecular weight is 360 g/mol. The first-order chi connectivity index (χ1) is 12.2. The first-order valence-corrected chi connectivity index (χ1v) is 8.22. The van der Waals surface area contributed by atoms with Crippen LogP contribution in [-0.2, 0) is 13.2 Å². The molecule has 2 N–H and O–H groups in total. The van der Waals surface area contributed by atoms with Gasteiger partial charge < -0.3 is 14.8 Å². The van der Waals surface area contributed by atoms with E-state index in [0.29, 0.717) is 42.2 Å². The number of halogens is 1. The predicted molar refractivity (Wildman–Crippen MR) is 94.9 cm³/mol. The molecule has 130 valence electrons. The van der Waals surface area contributed by atoms with Gasteiger partial charge in [-0.05, 0) is 47.5 Å². The molecule has 0 atom stereocenters. The molecule has 0 saturated carbocycles. The summed E-state index contributed by atoms with van der Waals surface area (Å²) in [6, 6.07) is 13.4. The van der Waals surface area contributed by atoms with Gasteiger partial charge in [-0.3, -0.25) is 0 Å². The Morgan fingerprint density at radius 2 is 1.84 bits per heavy atom. The predicted octanol–water partition coefficient (Wildman–Crippen LogP) is 3.44. The number of rotatable bonds is 8. The molecule has 8 heteroatoms. The Hall–Kier alpha value is -2.80. The minimum atomic E-state index is 0.442. The summed E-state index contributed by atoms with van der Waals surface area (Å²) in [5.41, 5.74) is 2.06. The normalized spacial score (nSPS) is 10.5. The molecular weight excluding hydrogens is 342 g/mol. The van der Waals surface area contributed by atoms with Crippen molar-refractivity contribution >= 4 is 17.5 Å². The number of H-pyrrole nitrogens is 1. The number of ether oxygens (including phenoxy) is 2. The molecule has 0 spiro atoms. The SMILES string of the molecule is CCOc1cc(CNc2nn[nH]n2)ccc1OCc1ccc(Cl)cc1. The van der Waals surface area contributed by atoms with Gasteiger partial charge in [-0.15, -0.1) is 5.10 Å². The number of nitrogens with zero attached hydrogens (tertiary/aromatic N) is 3. The van der Waals surface area contributed by atoms with Crippen molar-refractivity contribution in [2.75, 3.05) is 11.9 Å². The molecule has 25 heavy (non-hydrogen) atoms. The van der Waals surface area contributed by atoms with Crippen LogP contribution in [0.2, 0.25) is 5.02 Å². The summed E-state index contributed by atoms with van der Waals surface area (Å²) >= 11 is 5.90. The smallest absolute Gasteiger partial charge is 0.263 e. The zero-order valence-corrected chi connectivity index (χ0v) is 14.5. The van der Waals surface area contributed by atoms with E-state index in [9.17, 15) is 0 Å². The highest BCUT2D eigenvalue weighted by atomic mass is 35.5. The summed E-state index contributed by atoms with van der Waals surface area (Å²) in [7, 11) is 0. The van der Waals surface area contributed by atoms with E-state index in [1.807, 2.05) is 49.4 Å². The van der Waals surface area contributed by atoms with Crippen molar-refractivity contribution in [1.29, 1.82) is 0 Å². The number of hydrogen-bond acceptors (Lipinski definition) is 6. The lowest BCUT2D eigenvalue weighted by Gasteiger charge is -2.13. The molecule has 0 saturated heterocycles. The first-order valence-electron chi connectivity index (χ1n) is 7.85. The van der Waals surface area contributed by atoms with Crippen LogP contribution in [0.3, 0.4) is 0 Å². The summed E-state index contributed by atoms with van der Waals surface area (Å²) in [4.78, 5) is 0.